The van der Waals surface area contributed by atoms with Crippen molar-refractivity contribution in [2.45, 2.75) is 19.4 Å². The van der Waals surface area contributed by atoms with E-state index in [4.69, 9.17) is 10.7 Å². The van der Waals surface area contributed by atoms with Crippen molar-refractivity contribution >= 4 is 17.6 Å². The number of hydrogen-bond acceptors (Lipinski definition) is 7. The Hall–Kier alpha value is -2.25. The third kappa shape index (κ3) is 3.57. The van der Waals surface area contributed by atoms with Gasteiger partial charge in [0.05, 0.1) is 6.54 Å². The van der Waals surface area contributed by atoms with E-state index >= 15 is 0 Å². The van der Waals surface area contributed by atoms with Gasteiger partial charge in [-0.3, -0.25) is 4.90 Å². The number of benzene rings is 1. The largest absolute Gasteiger partial charge is 0.368 e. The van der Waals surface area contributed by atoms with Crippen molar-refractivity contribution in [3.63, 3.8) is 0 Å². The quantitative estimate of drug-likeness (QED) is 0.903. The summed E-state index contributed by atoms with van der Waals surface area (Å²) in [5, 5.41) is 0. The van der Waals surface area contributed by atoms with Crippen molar-refractivity contribution in [3.05, 3.63) is 35.7 Å². The first-order valence-electron chi connectivity index (χ1n) is 8.96. The molecule has 132 valence electrons. The van der Waals surface area contributed by atoms with Crippen molar-refractivity contribution < 1.29 is 0 Å². The summed E-state index contributed by atoms with van der Waals surface area (Å²) in [5.74, 6) is 1.73. The fraction of sp³-hybridized carbons (Fsp3) is 0.500. The van der Waals surface area contributed by atoms with E-state index in [1.54, 1.807) is 0 Å². The summed E-state index contributed by atoms with van der Waals surface area (Å²) >= 11 is 0. The molecule has 2 aromatic rings. The zero-order valence-electron chi connectivity index (χ0n) is 14.7. The molecule has 0 aliphatic carbocycles. The molecule has 0 radical (unpaired) electrons. The summed E-state index contributed by atoms with van der Waals surface area (Å²) in [7, 11) is 2.16. The van der Waals surface area contributed by atoms with Gasteiger partial charge in [-0.05, 0) is 31.5 Å². The second kappa shape index (κ2) is 6.93. The number of fused-ring (bicyclic) bond motifs is 1. The highest BCUT2D eigenvalue weighted by Gasteiger charge is 2.22. The zero-order valence-corrected chi connectivity index (χ0v) is 14.7. The number of likely N-dealkylation sites (N-methyl/N-ethyl adjacent to an activating group) is 1. The van der Waals surface area contributed by atoms with Crippen LogP contribution in [0.3, 0.4) is 0 Å². The number of hydrogen-bond donors (Lipinski definition) is 1. The van der Waals surface area contributed by atoms with Gasteiger partial charge >= 0.3 is 0 Å². The van der Waals surface area contributed by atoms with Gasteiger partial charge in [0.1, 0.15) is 5.82 Å². The van der Waals surface area contributed by atoms with Crippen LogP contribution >= 0.6 is 0 Å². The number of para-hydroxylation sites is 1. The van der Waals surface area contributed by atoms with Gasteiger partial charge in [0, 0.05) is 38.4 Å². The van der Waals surface area contributed by atoms with E-state index in [1.807, 2.05) is 0 Å². The van der Waals surface area contributed by atoms with Gasteiger partial charge in [-0.25, -0.2) is 0 Å². The number of aryl methyl sites for hydroxylation is 1. The first kappa shape index (κ1) is 16.2. The Labute approximate surface area is 148 Å². The van der Waals surface area contributed by atoms with Crippen LogP contribution in [0.15, 0.2) is 24.3 Å². The Morgan fingerprint density at radius 2 is 1.80 bits per heavy atom. The molecule has 1 fully saturated rings. The van der Waals surface area contributed by atoms with Crippen LogP contribution in [0.25, 0.3) is 0 Å². The average Bonchev–Trinajstić information content (AvgIpc) is 2.63. The molecule has 7 nitrogen and oxygen atoms in total. The summed E-state index contributed by atoms with van der Waals surface area (Å²) in [4.78, 5) is 20.4. The highest BCUT2D eigenvalue weighted by atomic mass is 15.3. The number of anilines is 3. The van der Waals surface area contributed by atoms with E-state index in [-0.39, 0.29) is 0 Å². The molecule has 3 heterocycles. The Balaban J connectivity index is 1.58. The fourth-order valence-corrected chi connectivity index (χ4v) is 3.56. The highest BCUT2D eigenvalue weighted by molar-refractivity contribution is 5.63. The Morgan fingerprint density at radius 1 is 1.00 bits per heavy atom. The van der Waals surface area contributed by atoms with Gasteiger partial charge < -0.3 is 15.5 Å². The number of piperazine rings is 1. The maximum Gasteiger partial charge on any atom is 0.235 e. The zero-order chi connectivity index (χ0) is 17.2. The molecule has 2 aliphatic rings. The molecule has 0 atom stereocenters. The molecule has 1 saturated heterocycles. The molecular weight excluding hydrogens is 314 g/mol. The first-order valence-corrected chi connectivity index (χ1v) is 8.96. The summed E-state index contributed by atoms with van der Waals surface area (Å²) in [5.41, 5.74) is 8.52. The van der Waals surface area contributed by atoms with E-state index in [9.17, 15) is 0 Å². The molecule has 0 bridgehead atoms. The second-order valence-electron chi connectivity index (χ2n) is 6.87. The summed E-state index contributed by atoms with van der Waals surface area (Å²) < 4.78 is 0. The smallest absolute Gasteiger partial charge is 0.235 e. The van der Waals surface area contributed by atoms with Crippen molar-refractivity contribution in [3.8, 4) is 0 Å². The van der Waals surface area contributed by atoms with Gasteiger partial charge in [-0.2, -0.15) is 15.0 Å². The van der Waals surface area contributed by atoms with Crippen LogP contribution in [0.2, 0.25) is 0 Å². The van der Waals surface area contributed by atoms with Gasteiger partial charge in [-0.15, -0.1) is 0 Å². The fourth-order valence-electron chi connectivity index (χ4n) is 3.56. The molecule has 4 rings (SSSR count). The molecule has 25 heavy (non-hydrogen) atoms. The Kier molecular flexibility index (Phi) is 4.50. The lowest BCUT2D eigenvalue weighted by atomic mass is 10.0. The number of nitrogens with two attached hydrogens (primary N) is 1. The molecule has 1 aromatic heterocycles. The van der Waals surface area contributed by atoms with Crippen LogP contribution in [-0.4, -0.2) is 64.5 Å². The predicted molar refractivity (Wildman–Crippen MR) is 98.8 cm³/mol. The van der Waals surface area contributed by atoms with E-state index < -0.39 is 0 Å². The van der Waals surface area contributed by atoms with Crippen molar-refractivity contribution in [2.75, 3.05) is 50.4 Å². The highest BCUT2D eigenvalue weighted by Crippen LogP contribution is 2.31. The molecule has 0 saturated carbocycles. The SMILES string of the molecule is CN1CCN(Cc2nc(N)nc(N3CCCc4ccccc43)n2)CC1. The molecular formula is C18H25N7. The number of nitrogen functional groups attached to an aromatic ring is 1. The average molecular weight is 339 g/mol. The van der Waals surface area contributed by atoms with Crippen LogP contribution < -0.4 is 10.6 Å². The molecule has 0 unspecified atom stereocenters. The third-order valence-electron chi connectivity index (χ3n) is 5.00. The minimum absolute atomic E-state index is 0.303. The number of nitrogens with zero attached hydrogens (tertiary/aromatic N) is 6. The van der Waals surface area contributed by atoms with Crippen molar-refractivity contribution in [1.82, 2.24) is 24.8 Å². The molecule has 2 aliphatic heterocycles. The van der Waals surface area contributed by atoms with Gasteiger partial charge in [0.15, 0.2) is 0 Å². The van der Waals surface area contributed by atoms with Crippen LogP contribution in [-0.2, 0) is 13.0 Å². The summed E-state index contributed by atoms with van der Waals surface area (Å²) in [6.07, 6.45) is 2.19. The molecule has 0 spiro atoms. The summed E-state index contributed by atoms with van der Waals surface area (Å²) in [6, 6.07) is 8.46. The monoisotopic (exact) mass is 339 g/mol. The molecule has 7 heteroatoms. The third-order valence-corrected chi connectivity index (χ3v) is 5.00. The van der Waals surface area contributed by atoms with Crippen LogP contribution in [0, 0.1) is 0 Å². The van der Waals surface area contributed by atoms with E-state index in [1.165, 1.54) is 11.3 Å². The Bertz CT molecular complexity index is 740. The van der Waals surface area contributed by atoms with Crippen LogP contribution in [0.5, 0.6) is 0 Å². The normalized spacial score (nSPS) is 19.0. The van der Waals surface area contributed by atoms with Crippen LogP contribution in [0.1, 0.15) is 17.8 Å². The lowest BCUT2D eigenvalue weighted by Gasteiger charge is -2.32. The lowest BCUT2D eigenvalue weighted by molar-refractivity contribution is 0.145. The minimum atomic E-state index is 0.303. The standard InChI is InChI=1S/C18H25N7/c1-23-9-11-24(12-10-23)13-16-20-17(19)22-18(21-16)25-8-4-6-14-5-2-3-7-15(14)25/h2-3,5,7H,4,6,8-13H2,1H3,(H2,19,20,21,22). The number of rotatable bonds is 3. The van der Waals surface area contributed by atoms with E-state index in [2.05, 4.69) is 56.0 Å². The predicted octanol–water partition coefficient (Wildman–Crippen LogP) is 1.29. The maximum atomic E-state index is 6.00. The Morgan fingerprint density at radius 3 is 2.64 bits per heavy atom. The van der Waals surface area contributed by atoms with Crippen molar-refractivity contribution in [1.29, 1.82) is 0 Å². The van der Waals surface area contributed by atoms with Gasteiger partial charge in [-0.1, -0.05) is 18.2 Å². The second-order valence-corrected chi connectivity index (χ2v) is 6.87. The maximum absolute atomic E-state index is 6.00. The van der Waals surface area contributed by atoms with Gasteiger partial charge in [0.25, 0.3) is 0 Å². The van der Waals surface area contributed by atoms with E-state index in [0.29, 0.717) is 11.9 Å². The van der Waals surface area contributed by atoms with Gasteiger partial charge in [0.2, 0.25) is 11.9 Å². The molecule has 2 N–H and O–H groups in total. The van der Waals surface area contributed by atoms with E-state index in [0.717, 1.165) is 57.9 Å². The number of aromatic nitrogens is 3. The molecule has 1 aromatic carbocycles. The first-order chi connectivity index (χ1) is 12.2. The lowest BCUT2D eigenvalue weighted by Crippen LogP contribution is -2.44. The van der Waals surface area contributed by atoms with Crippen LogP contribution in [0.4, 0.5) is 17.6 Å². The van der Waals surface area contributed by atoms with Crippen molar-refractivity contribution in [2.24, 2.45) is 0 Å². The topological polar surface area (TPSA) is 74.4 Å². The molecule has 0 amide bonds. The minimum Gasteiger partial charge on any atom is -0.368 e. The summed E-state index contributed by atoms with van der Waals surface area (Å²) in [6.45, 7) is 5.85.